The normalized spacial score (nSPS) is 12.8. The Kier molecular flexibility index (Phi) is 9.70. The van der Waals surface area contributed by atoms with Crippen LogP contribution in [0.25, 0.3) is 0 Å². The smallest absolute Gasteiger partial charge is 0.408 e. The van der Waals surface area contributed by atoms with Crippen molar-refractivity contribution in [3.05, 3.63) is 76.3 Å². The molecule has 2 unspecified atom stereocenters. The van der Waals surface area contributed by atoms with Gasteiger partial charge in [0.15, 0.2) is 0 Å². The fourth-order valence-electron chi connectivity index (χ4n) is 3.93. The Hall–Kier alpha value is -3.32. The first-order valence-corrected chi connectivity index (χ1v) is 12.2. The standard InChI is InChI=1S/C28H36ClN3O4/c1-9-16-32(26(34)20(5)30-27(35)36-28(6,7)8)24(22-17(2)12-10-13-18(22)3)25(33)31-23-19(4)14-11-15-21(23)29/h9-15,20,24H,1,16H2,2-8H3,(H,30,35)(H,31,33). The van der Waals surface area contributed by atoms with Crippen LogP contribution >= 0.6 is 11.6 Å². The number of carbonyl (C=O) groups excluding carboxylic acids is 3. The van der Waals surface area contributed by atoms with Crippen molar-refractivity contribution in [2.75, 3.05) is 11.9 Å². The summed E-state index contributed by atoms with van der Waals surface area (Å²) in [5.41, 5.74) is 2.94. The van der Waals surface area contributed by atoms with E-state index in [1.807, 2.05) is 45.0 Å². The number of anilines is 1. The zero-order valence-electron chi connectivity index (χ0n) is 22.1. The number of para-hydroxylation sites is 1. The van der Waals surface area contributed by atoms with Gasteiger partial charge in [-0.2, -0.15) is 0 Å². The number of carbonyl (C=O) groups is 3. The van der Waals surface area contributed by atoms with Crippen LogP contribution in [0.3, 0.4) is 0 Å². The summed E-state index contributed by atoms with van der Waals surface area (Å²) in [5.74, 6) is -0.886. The summed E-state index contributed by atoms with van der Waals surface area (Å²) in [7, 11) is 0. The lowest BCUT2D eigenvalue weighted by molar-refractivity contribution is -0.139. The van der Waals surface area contributed by atoms with E-state index in [4.69, 9.17) is 16.3 Å². The highest BCUT2D eigenvalue weighted by Crippen LogP contribution is 2.32. The molecule has 0 aliphatic carbocycles. The summed E-state index contributed by atoms with van der Waals surface area (Å²) >= 11 is 6.38. The van der Waals surface area contributed by atoms with Crippen LogP contribution in [0.15, 0.2) is 49.1 Å². The third-order valence-electron chi connectivity index (χ3n) is 5.56. The molecule has 0 bridgehead atoms. The minimum atomic E-state index is -1.00. The molecule has 0 aliphatic heterocycles. The monoisotopic (exact) mass is 513 g/mol. The van der Waals surface area contributed by atoms with E-state index in [9.17, 15) is 14.4 Å². The van der Waals surface area contributed by atoms with Crippen LogP contribution in [0.2, 0.25) is 5.02 Å². The molecule has 194 valence electrons. The molecule has 36 heavy (non-hydrogen) atoms. The number of aryl methyl sites for hydroxylation is 3. The average molecular weight is 514 g/mol. The molecular formula is C28H36ClN3O4. The molecule has 2 aromatic carbocycles. The van der Waals surface area contributed by atoms with Crippen LogP contribution in [-0.4, -0.2) is 41.0 Å². The second-order valence-corrected chi connectivity index (χ2v) is 10.2. The third kappa shape index (κ3) is 7.34. The molecule has 2 atom stereocenters. The number of ether oxygens (including phenoxy) is 1. The maximum Gasteiger partial charge on any atom is 0.408 e. The molecule has 0 saturated carbocycles. The van der Waals surface area contributed by atoms with E-state index in [0.717, 1.165) is 16.7 Å². The summed E-state index contributed by atoms with van der Waals surface area (Å²) in [4.78, 5) is 41.3. The van der Waals surface area contributed by atoms with Crippen LogP contribution in [0.5, 0.6) is 0 Å². The van der Waals surface area contributed by atoms with Gasteiger partial charge < -0.3 is 20.3 Å². The predicted octanol–water partition coefficient (Wildman–Crippen LogP) is 5.87. The number of benzene rings is 2. The number of hydrogen-bond donors (Lipinski definition) is 2. The van der Waals surface area contributed by atoms with Crippen molar-refractivity contribution in [1.29, 1.82) is 0 Å². The van der Waals surface area contributed by atoms with E-state index in [1.54, 1.807) is 45.9 Å². The molecule has 0 aliphatic rings. The van der Waals surface area contributed by atoms with Crippen molar-refractivity contribution in [2.24, 2.45) is 0 Å². The zero-order chi connectivity index (χ0) is 27.2. The fourth-order valence-corrected chi connectivity index (χ4v) is 4.19. The number of rotatable bonds is 8. The van der Waals surface area contributed by atoms with E-state index < -0.39 is 35.6 Å². The molecule has 0 fully saturated rings. The fraction of sp³-hybridized carbons (Fsp3) is 0.393. The minimum absolute atomic E-state index is 0.0759. The molecule has 0 radical (unpaired) electrons. The minimum Gasteiger partial charge on any atom is -0.444 e. The first-order chi connectivity index (χ1) is 16.8. The van der Waals surface area contributed by atoms with Gasteiger partial charge in [-0.15, -0.1) is 6.58 Å². The number of alkyl carbamates (subject to hydrolysis) is 1. The molecule has 8 heteroatoms. The first kappa shape index (κ1) is 28.9. The number of amides is 3. The Labute approximate surface area is 218 Å². The second kappa shape index (κ2) is 12.1. The molecular weight excluding hydrogens is 478 g/mol. The SMILES string of the molecule is C=CCN(C(=O)C(C)NC(=O)OC(C)(C)C)C(C(=O)Nc1c(C)cccc1Cl)c1c(C)cccc1C. The molecule has 2 rings (SSSR count). The van der Waals surface area contributed by atoms with E-state index >= 15 is 0 Å². The highest BCUT2D eigenvalue weighted by Gasteiger charge is 2.36. The summed E-state index contributed by atoms with van der Waals surface area (Å²) in [5, 5.41) is 5.90. The van der Waals surface area contributed by atoms with Gasteiger partial charge >= 0.3 is 6.09 Å². The number of halogens is 1. The summed E-state index contributed by atoms with van der Waals surface area (Å²) in [6.07, 6.45) is 0.828. The Bertz CT molecular complexity index is 1100. The van der Waals surface area contributed by atoms with Gasteiger partial charge in [-0.25, -0.2) is 4.79 Å². The van der Waals surface area contributed by atoms with Gasteiger partial charge in [0.25, 0.3) is 5.91 Å². The molecule has 3 amide bonds. The van der Waals surface area contributed by atoms with E-state index in [0.29, 0.717) is 16.3 Å². The van der Waals surface area contributed by atoms with Crippen molar-refractivity contribution in [1.82, 2.24) is 10.2 Å². The van der Waals surface area contributed by atoms with Gasteiger partial charge in [-0.1, -0.05) is 48.0 Å². The number of nitrogens with zero attached hydrogens (tertiary/aromatic N) is 1. The third-order valence-corrected chi connectivity index (χ3v) is 5.87. The van der Waals surface area contributed by atoms with Gasteiger partial charge in [0, 0.05) is 6.54 Å². The van der Waals surface area contributed by atoms with Gasteiger partial charge in [-0.05, 0) is 76.8 Å². The number of hydrogen-bond acceptors (Lipinski definition) is 4. The van der Waals surface area contributed by atoms with Crippen molar-refractivity contribution < 1.29 is 19.1 Å². The topological polar surface area (TPSA) is 87.7 Å². The second-order valence-electron chi connectivity index (χ2n) is 9.78. The van der Waals surface area contributed by atoms with E-state index in [2.05, 4.69) is 17.2 Å². The number of nitrogens with one attached hydrogen (secondary N) is 2. The van der Waals surface area contributed by atoms with Crippen molar-refractivity contribution in [3.8, 4) is 0 Å². The van der Waals surface area contributed by atoms with Gasteiger partial charge in [0.05, 0.1) is 10.7 Å². The zero-order valence-corrected chi connectivity index (χ0v) is 22.8. The van der Waals surface area contributed by atoms with Gasteiger partial charge in [-0.3, -0.25) is 9.59 Å². The lowest BCUT2D eigenvalue weighted by Gasteiger charge is -2.34. The Morgan fingerprint density at radius 3 is 2.14 bits per heavy atom. The first-order valence-electron chi connectivity index (χ1n) is 11.8. The molecule has 0 spiro atoms. The molecule has 0 saturated heterocycles. The van der Waals surface area contributed by atoms with Crippen molar-refractivity contribution in [3.63, 3.8) is 0 Å². The lowest BCUT2D eigenvalue weighted by Crippen LogP contribution is -2.51. The molecule has 2 N–H and O–H groups in total. The molecule has 0 aromatic heterocycles. The maximum absolute atomic E-state index is 13.9. The van der Waals surface area contributed by atoms with Gasteiger partial charge in [0.2, 0.25) is 5.91 Å². The van der Waals surface area contributed by atoms with Crippen LogP contribution in [0, 0.1) is 20.8 Å². The summed E-state index contributed by atoms with van der Waals surface area (Å²) in [6.45, 7) is 16.3. The maximum atomic E-state index is 13.9. The Morgan fingerprint density at radius 2 is 1.61 bits per heavy atom. The molecule has 7 nitrogen and oxygen atoms in total. The summed E-state index contributed by atoms with van der Waals surface area (Å²) < 4.78 is 5.30. The largest absolute Gasteiger partial charge is 0.444 e. The highest BCUT2D eigenvalue weighted by molar-refractivity contribution is 6.34. The van der Waals surface area contributed by atoms with E-state index in [-0.39, 0.29) is 6.54 Å². The van der Waals surface area contributed by atoms with Crippen molar-refractivity contribution >= 4 is 35.2 Å². The van der Waals surface area contributed by atoms with Crippen LogP contribution < -0.4 is 10.6 Å². The Balaban J connectivity index is 2.52. The van der Waals surface area contributed by atoms with E-state index in [1.165, 1.54) is 4.90 Å². The average Bonchev–Trinajstić information content (AvgIpc) is 2.75. The Morgan fingerprint density at radius 1 is 1.06 bits per heavy atom. The highest BCUT2D eigenvalue weighted by atomic mass is 35.5. The quantitative estimate of drug-likeness (QED) is 0.432. The van der Waals surface area contributed by atoms with Crippen LogP contribution in [0.1, 0.15) is 56.0 Å². The van der Waals surface area contributed by atoms with Gasteiger partial charge in [0.1, 0.15) is 17.7 Å². The van der Waals surface area contributed by atoms with Crippen LogP contribution in [-0.2, 0) is 14.3 Å². The lowest BCUT2D eigenvalue weighted by atomic mass is 9.93. The predicted molar refractivity (Wildman–Crippen MR) is 144 cm³/mol. The summed E-state index contributed by atoms with van der Waals surface area (Å²) in [6, 6.07) is 9.05. The molecule has 2 aromatic rings. The molecule has 0 heterocycles. The van der Waals surface area contributed by atoms with Crippen LogP contribution in [0.4, 0.5) is 10.5 Å². The van der Waals surface area contributed by atoms with Crippen molar-refractivity contribution in [2.45, 2.75) is 66.2 Å².